The number of pyridine rings is 1. The van der Waals surface area contributed by atoms with Gasteiger partial charge in [0.2, 0.25) is 5.91 Å². The summed E-state index contributed by atoms with van der Waals surface area (Å²) in [6.45, 7) is 9.08. The highest BCUT2D eigenvalue weighted by atomic mass is 32.1. The smallest absolute Gasteiger partial charge is 0.234 e. The molecular formula is C20H27N7OS. The minimum Gasteiger partial charge on any atom is -0.352 e. The number of hydrogen-bond acceptors (Lipinski definition) is 6. The number of nitrogens with one attached hydrogen (secondary N) is 1. The van der Waals surface area contributed by atoms with Crippen molar-refractivity contribution in [3.05, 3.63) is 42.0 Å². The van der Waals surface area contributed by atoms with E-state index < -0.39 is 0 Å². The van der Waals surface area contributed by atoms with Crippen LogP contribution in [-0.2, 0) is 18.0 Å². The minimum absolute atomic E-state index is 0.146. The first kappa shape index (κ1) is 19.9. The van der Waals surface area contributed by atoms with Gasteiger partial charge in [-0.1, -0.05) is 6.08 Å². The molecule has 2 fully saturated rings. The average molecular weight is 414 g/mol. The minimum atomic E-state index is 0.146. The average Bonchev–Trinajstić information content (AvgIpc) is 3.49. The summed E-state index contributed by atoms with van der Waals surface area (Å²) in [7, 11) is 0. The molecule has 1 N–H and O–H groups in total. The molecule has 1 saturated heterocycles. The van der Waals surface area contributed by atoms with Crippen molar-refractivity contribution in [3.63, 3.8) is 0 Å². The van der Waals surface area contributed by atoms with Gasteiger partial charge in [-0.05, 0) is 37.2 Å². The van der Waals surface area contributed by atoms with Crippen molar-refractivity contribution in [2.75, 3.05) is 32.7 Å². The normalized spacial score (nSPS) is 17.9. The zero-order valence-electron chi connectivity index (χ0n) is 16.5. The summed E-state index contributed by atoms with van der Waals surface area (Å²) in [5.74, 6) is 0.950. The Morgan fingerprint density at radius 2 is 2.03 bits per heavy atom. The molecule has 1 aliphatic heterocycles. The van der Waals surface area contributed by atoms with Crippen LogP contribution < -0.4 is 5.32 Å². The van der Waals surface area contributed by atoms with Crippen LogP contribution in [0.4, 0.5) is 0 Å². The summed E-state index contributed by atoms with van der Waals surface area (Å²) in [6, 6.07) is 4.30. The monoisotopic (exact) mass is 413 g/mol. The van der Waals surface area contributed by atoms with E-state index in [1.165, 1.54) is 0 Å². The van der Waals surface area contributed by atoms with Gasteiger partial charge in [-0.15, -0.1) is 6.58 Å². The third kappa shape index (κ3) is 4.98. The van der Waals surface area contributed by atoms with Crippen LogP contribution >= 0.6 is 12.2 Å². The van der Waals surface area contributed by atoms with Gasteiger partial charge in [0.25, 0.3) is 0 Å². The predicted molar refractivity (Wildman–Crippen MR) is 114 cm³/mol. The maximum Gasteiger partial charge on any atom is 0.234 e. The molecule has 0 aromatic carbocycles. The molecule has 0 unspecified atom stereocenters. The molecule has 9 heteroatoms. The summed E-state index contributed by atoms with van der Waals surface area (Å²) < 4.78 is 4.53. The van der Waals surface area contributed by atoms with Crippen molar-refractivity contribution in [1.82, 2.24) is 34.4 Å². The van der Waals surface area contributed by atoms with Gasteiger partial charge in [-0.2, -0.15) is 5.10 Å². The standard InChI is InChI=1S/C20H27N7OS/c1-2-8-26-19(16-4-3-7-21-13-16)23-27(20(26)29)15-25-11-9-24(10-12-25)14-18(28)22-17-5-6-17/h2-4,7,13,17H,1,5-6,8-12,14-15H2,(H,22,28). The number of nitrogens with zero attached hydrogens (tertiary/aromatic N) is 6. The third-order valence-electron chi connectivity index (χ3n) is 5.26. The third-order valence-corrected chi connectivity index (χ3v) is 5.69. The van der Waals surface area contributed by atoms with Gasteiger partial charge >= 0.3 is 0 Å². The first-order valence-corrected chi connectivity index (χ1v) is 10.5. The Labute approximate surface area is 175 Å². The Balaban J connectivity index is 1.39. The molecule has 2 aliphatic rings. The van der Waals surface area contributed by atoms with Gasteiger partial charge in [0, 0.05) is 56.7 Å². The summed E-state index contributed by atoms with van der Waals surface area (Å²) in [4.78, 5) is 20.7. The summed E-state index contributed by atoms with van der Waals surface area (Å²) in [6.07, 6.45) is 7.62. The zero-order valence-corrected chi connectivity index (χ0v) is 17.4. The number of allylic oxidation sites excluding steroid dienone is 1. The predicted octanol–water partition coefficient (Wildman–Crippen LogP) is 1.52. The molecule has 0 atom stereocenters. The Hall–Kier alpha value is -2.36. The molecule has 0 spiro atoms. The van der Waals surface area contributed by atoms with Crippen LogP contribution in [0.15, 0.2) is 37.2 Å². The molecule has 0 bridgehead atoms. The second-order valence-electron chi connectivity index (χ2n) is 7.62. The Morgan fingerprint density at radius 1 is 1.28 bits per heavy atom. The zero-order chi connectivity index (χ0) is 20.2. The SMILES string of the molecule is C=CCn1c(-c2cccnc2)nn(CN2CCN(CC(=O)NC3CC3)CC2)c1=S. The number of amides is 1. The molecule has 1 aliphatic carbocycles. The van der Waals surface area contributed by atoms with Gasteiger partial charge in [-0.25, -0.2) is 4.68 Å². The molecule has 2 aromatic heterocycles. The fourth-order valence-corrected chi connectivity index (χ4v) is 3.78. The number of rotatable bonds is 8. The van der Waals surface area contributed by atoms with E-state index in [0.717, 1.165) is 50.4 Å². The highest BCUT2D eigenvalue weighted by Gasteiger charge is 2.25. The van der Waals surface area contributed by atoms with Crippen LogP contribution in [0.5, 0.6) is 0 Å². The summed E-state index contributed by atoms with van der Waals surface area (Å²) in [5.41, 5.74) is 0.936. The van der Waals surface area contributed by atoms with Gasteiger partial charge in [0.15, 0.2) is 10.6 Å². The number of hydrogen-bond donors (Lipinski definition) is 1. The van der Waals surface area contributed by atoms with E-state index in [2.05, 4.69) is 26.7 Å². The van der Waals surface area contributed by atoms with E-state index in [-0.39, 0.29) is 5.91 Å². The van der Waals surface area contributed by atoms with E-state index in [4.69, 9.17) is 17.3 Å². The van der Waals surface area contributed by atoms with E-state index in [9.17, 15) is 4.79 Å². The van der Waals surface area contributed by atoms with Crippen molar-refractivity contribution in [2.45, 2.75) is 32.1 Å². The molecular weight excluding hydrogens is 386 g/mol. The van der Waals surface area contributed by atoms with Crippen molar-refractivity contribution in [2.24, 2.45) is 0 Å². The topological polar surface area (TPSA) is 71.2 Å². The molecule has 4 rings (SSSR count). The first-order chi connectivity index (χ1) is 14.1. The fraction of sp³-hybridized carbons (Fsp3) is 0.500. The Kier molecular flexibility index (Phi) is 6.17. The van der Waals surface area contributed by atoms with Crippen molar-refractivity contribution in [1.29, 1.82) is 0 Å². The van der Waals surface area contributed by atoms with Gasteiger partial charge < -0.3 is 5.32 Å². The van der Waals surface area contributed by atoms with E-state index in [1.54, 1.807) is 12.4 Å². The largest absolute Gasteiger partial charge is 0.352 e. The molecule has 8 nitrogen and oxygen atoms in total. The molecule has 2 aromatic rings. The van der Waals surface area contributed by atoms with Crippen LogP contribution in [0.25, 0.3) is 11.4 Å². The highest BCUT2D eigenvalue weighted by molar-refractivity contribution is 7.71. The van der Waals surface area contributed by atoms with Crippen LogP contribution in [-0.4, -0.2) is 73.8 Å². The fourth-order valence-electron chi connectivity index (χ4n) is 3.52. The lowest BCUT2D eigenvalue weighted by Crippen LogP contribution is -2.49. The van der Waals surface area contributed by atoms with Gasteiger partial charge in [0.1, 0.15) is 0 Å². The lowest BCUT2D eigenvalue weighted by Gasteiger charge is -2.33. The van der Waals surface area contributed by atoms with Gasteiger partial charge in [0.05, 0.1) is 13.2 Å². The molecule has 154 valence electrons. The van der Waals surface area contributed by atoms with Crippen LogP contribution in [0, 0.1) is 4.77 Å². The second kappa shape index (κ2) is 8.98. The Morgan fingerprint density at radius 3 is 2.69 bits per heavy atom. The highest BCUT2D eigenvalue weighted by Crippen LogP contribution is 2.19. The van der Waals surface area contributed by atoms with E-state index >= 15 is 0 Å². The number of aromatic nitrogens is 4. The number of carbonyl (C=O) groups is 1. The molecule has 3 heterocycles. The number of carbonyl (C=O) groups excluding carboxylic acids is 1. The van der Waals surface area contributed by atoms with Crippen molar-refractivity contribution in [3.8, 4) is 11.4 Å². The Bertz CT molecular complexity index is 911. The van der Waals surface area contributed by atoms with E-state index in [0.29, 0.717) is 30.6 Å². The maximum absolute atomic E-state index is 12.0. The van der Waals surface area contributed by atoms with Crippen LogP contribution in [0.2, 0.25) is 0 Å². The van der Waals surface area contributed by atoms with E-state index in [1.807, 2.05) is 27.5 Å². The van der Waals surface area contributed by atoms with Gasteiger partial charge in [-0.3, -0.25) is 24.1 Å². The molecule has 1 amide bonds. The quantitative estimate of drug-likeness (QED) is 0.523. The number of piperazine rings is 1. The molecule has 29 heavy (non-hydrogen) atoms. The lowest BCUT2D eigenvalue weighted by molar-refractivity contribution is -0.122. The first-order valence-electron chi connectivity index (χ1n) is 10.1. The summed E-state index contributed by atoms with van der Waals surface area (Å²) in [5, 5.41) is 7.83. The summed E-state index contributed by atoms with van der Waals surface area (Å²) >= 11 is 5.68. The molecule has 0 radical (unpaired) electrons. The maximum atomic E-state index is 12.0. The van der Waals surface area contributed by atoms with Crippen LogP contribution in [0.1, 0.15) is 12.8 Å². The second-order valence-corrected chi connectivity index (χ2v) is 7.99. The molecule has 1 saturated carbocycles. The van der Waals surface area contributed by atoms with Crippen molar-refractivity contribution < 1.29 is 4.79 Å². The van der Waals surface area contributed by atoms with Crippen molar-refractivity contribution >= 4 is 18.1 Å². The lowest BCUT2D eigenvalue weighted by atomic mass is 10.3. The van der Waals surface area contributed by atoms with Crippen LogP contribution in [0.3, 0.4) is 0 Å².